The minimum atomic E-state index is -0.908. The van der Waals surface area contributed by atoms with Gasteiger partial charge in [0.05, 0.1) is 0 Å². The summed E-state index contributed by atoms with van der Waals surface area (Å²) in [6, 6.07) is 7.14. The second-order valence-corrected chi connectivity index (χ2v) is 3.50. The van der Waals surface area contributed by atoms with E-state index in [0.717, 1.165) is 10.5 Å². The van der Waals surface area contributed by atoms with E-state index in [1.807, 2.05) is 0 Å². The highest BCUT2D eigenvalue weighted by Gasteiger charge is 1.94. The van der Waals surface area contributed by atoms with Crippen molar-refractivity contribution in [1.29, 1.82) is 0 Å². The highest BCUT2D eigenvalue weighted by molar-refractivity contribution is 7.84. The first-order valence-corrected chi connectivity index (χ1v) is 4.70. The lowest BCUT2D eigenvalue weighted by Gasteiger charge is -1.94. The lowest BCUT2D eigenvalue weighted by molar-refractivity contribution is 0.687. The summed E-state index contributed by atoms with van der Waals surface area (Å²) in [7, 11) is -0.908. The first-order valence-electron chi connectivity index (χ1n) is 3.14. The molecule has 1 aromatic carbocycles. The number of benzene rings is 1. The second-order valence-electron chi connectivity index (χ2n) is 2.12. The fourth-order valence-corrected chi connectivity index (χ4v) is 1.26. The van der Waals surface area contributed by atoms with Gasteiger partial charge in [-0.15, -0.1) is 6.42 Å². The van der Waals surface area contributed by atoms with E-state index in [1.54, 1.807) is 30.5 Å². The summed E-state index contributed by atoms with van der Waals surface area (Å²) >= 11 is 0. The molecular formula is C9H8OS. The average molecular weight is 164 g/mol. The van der Waals surface area contributed by atoms with Gasteiger partial charge in [0.25, 0.3) is 0 Å². The third-order valence-corrected chi connectivity index (χ3v) is 2.29. The maximum atomic E-state index is 10.9. The summed E-state index contributed by atoms with van der Waals surface area (Å²) in [4.78, 5) is 0.809. The molecule has 0 bridgehead atoms. The Labute approximate surface area is 68.9 Å². The van der Waals surface area contributed by atoms with Gasteiger partial charge in [0.1, 0.15) is 0 Å². The van der Waals surface area contributed by atoms with Crippen molar-refractivity contribution in [2.45, 2.75) is 4.90 Å². The Kier molecular flexibility index (Phi) is 2.45. The standard InChI is InChI=1S/C9H8OS/c1-3-8-4-6-9(7-5-8)11(2)10/h1,4-7H,2H3/t11-/m1/s1. The van der Waals surface area contributed by atoms with Crippen LogP contribution in [-0.4, -0.2) is 10.5 Å². The van der Waals surface area contributed by atoms with Crippen LogP contribution >= 0.6 is 0 Å². The van der Waals surface area contributed by atoms with E-state index in [9.17, 15) is 4.21 Å². The smallest absolute Gasteiger partial charge is 0.0498 e. The monoisotopic (exact) mass is 164 g/mol. The van der Waals surface area contributed by atoms with Gasteiger partial charge in [-0.25, -0.2) is 0 Å². The van der Waals surface area contributed by atoms with Crippen LogP contribution in [0.3, 0.4) is 0 Å². The molecule has 0 unspecified atom stereocenters. The summed E-state index contributed by atoms with van der Waals surface area (Å²) in [6.45, 7) is 0. The van der Waals surface area contributed by atoms with Crippen LogP contribution in [0.5, 0.6) is 0 Å². The van der Waals surface area contributed by atoms with Gasteiger partial charge < -0.3 is 0 Å². The normalized spacial score (nSPS) is 12.0. The fourth-order valence-electron chi connectivity index (χ4n) is 0.743. The quantitative estimate of drug-likeness (QED) is 0.573. The van der Waals surface area contributed by atoms with Crippen LogP contribution < -0.4 is 0 Å². The third-order valence-electron chi connectivity index (χ3n) is 1.35. The zero-order valence-electron chi connectivity index (χ0n) is 6.20. The molecule has 0 radical (unpaired) electrons. The fraction of sp³-hybridized carbons (Fsp3) is 0.111. The Hall–Kier alpha value is -1.07. The third kappa shape index (κ3) is 1.92. The van der Waals surface area contributed by atoms with Crippen molar-refractivity contribution in [1.82, 2.24) is 0 Å². The molecule has 0 aliphatic rings. The Morgan fingerprint density at radius 2 is 1.91 bits per heavy atom. The van der Waals surface area contributed by atoms with Gasteiger partial charge >= 0.3 is 0 Å². The highest BCUT2D eigenvalue weighted by atomic mass is 32.2. The predicted molar refractivity (Wildman–Crippen MR) is 46.7 cm³/mol. The molecule has 0 fully saturated rings. The zero-order valence-corrected chi connectivity index (χ0v) is 7.02. The van der Waals surface area contributed by atoms with Crippen LogP contribution in [-0.2, 0) is 10.8 Å². The van der Waals surface area contributed by atoms with E-state index in [2.05, 4.69) is 5.92 Å². The molecule has 1 rings (SSSR count). The summed E-state index contributed by atoms with van der Waals surface area (Å²) in [6.07, 6.45) is 6.79. The molecule has 1 aromatic rings. The molecule has 0 spiro atoms. The average Bonchev–Trinajstić information content (AvgIpc) is 2.05. The van der Waals surface area contributed by atoms with Gasteiger partial charge in [-0.2, -0.15) is 0 Å². The topological polar surface area (TPSA) is 17.1 Å². The van der Waals surface area contributed by atoms with Crippen molar-refractivity contribution in [2.75, 3.05) is 6.26 Å². The van der Waals surface area contributed by atoms with Crippen molar-refractivity contribution in [3.63, 3.8) is 0 Å². The Morgan fingerprint density at radius 3 is 2.27 bits per heavy atom. The van der Waals surface area contributed by atoms with Gasteiger partial charge in [-0.1, -0.05) is 5.92 Å². The number of hydrogen-bond donors (Lipinski definition) is 0. The van der Waals surface area contributed by atoms with Gasteiger partial charge in [-0.05, 0) is 24.3 Å². The largest absolute Gasteiger partial charge is 0.255 e. The van der Waals surface area contributed by atoms with Crippen LogP contribution in [0.2, 0.25) is 0 Å². The molecule has 56 valence electrons. The minimum absolute atomic E-state index is 0.809. The summed E-state index contributed by atoms with van der Waals surface area (Å²) < 4.78 is 10.9. The lowest BCUT2D eigenvalue weighted by Crippen LogP contribution is -1.86. The summed E-state index contributed by atoms with van der Waals surface area (Å²) in [5.74, 6) is 2.49. The molecule has 0 saturated heterocycles. The summed E-state index contributed by atoms with van der Waals surface area (Å²) in [5.41, 5.74) is 0.819. The number of hydrogen-bond acceptors (Lipinski definition) is 1. The Bertz CT molecular complexity index is 305. The van der Waals surface area contributed by atoms with Gasteiger partial charge in [0.15, 0.2) is 0 Å². The van der Waals surface area contributed by atoms with E-state index in [1.165, 1.54) is 0 Å². The first kappa shape index (κ1) is 8.03. The van der Waals surface area contributed by atoms with Crippen molar-refractivity contribution in [3.05, 3.63) is 29.8 Å². The molecule has 0 aromatic heterocycles. The molecule has 0 aliphatic heterocycles. The molecule has 0 aliphatic carbocycles. The molecule has 0 heterocycles. The van der Waals surface area contributed by atoms with Crippen LogP contribution in [0.1, 0.15) is 5.56 Å². The van der Waals surface area contributed by atoms with E-state index in [0.29, 0.717) is 0 Å². The molecule has 11 heavy (non-hydrogen) atoms. The molecule has 0 N–H and O–H groups in total. The highest BCUT2D eigenvalue weighted by Crippen LogP contribution is 2.05. The van der Waals surface area contributed by atoms with Crippen molar-refractivity contribution in [2.24, 2.45) is 0 Å². The molecular weight excluding hydrogens is 156 g/mol. The molecule has 2 heteroatoms. The predicted octanol–water partition coefficient (Wildman–Crippen LogP) is 1.41. The molecule has 1 nitrogen and oxygen atoms in total. The number of rotatable bonds is 1. The second kappa shape index (κ2) is 3.36. The molecule has 1 atom stereocenters. The summed E-state index contributed by atoms with van der Waals surface area (Å²) in [5, 5.41) is 0. The Balaban J connectivity index is 3.03. The maximum absolute atomic E-state index is 10.9. The van der Waals surface area contributed by atoms with Crippen LogP contribution in [0, 0.1) is 12.3 Å². The van der Waals surface area contributed by atoms with Crippen molar-refractivity contribution < 1.29 is 4.21 Å². The van der Waals surface area contributed by atoms with Crippen LogP contribution in [0.4, 0.5) is 0 Å². The van der Waals surface area contributed by atoms with Crippen LogP contribution in [0.15, 0.2) is 29.2 Å². The van der Waals surface area contributed by atoms with Gasteiger partial charge in [0, 0.05) is 27.5 Å². The van der Waals surface area contributed by atoms with Gasteiger partial charge in [-0.3, -0.25) is 4.21 Å². The van der Waals surface area contributed by atoms with Crippen LogP contribution in [0.25, 0.3) is 0 Å². The lowest BCUT2D eigenvalue weighted by atomic mass is 10.2. The Morgan fingerprint density at radius 1 is 1.36 bits per heavy atom. The number of terminal acetylenes is 1. The van der Waals surface area contributed by atoms with E-state index >= 15 is 0 Å². The van der Waals surface area contributed by atoms with Gasteiger partial charge in [0.2, 0.25) is 0 Å². The maximum Gasteiger partial charge on any atom is 0.0498 e. The molecule has 0 saturated carbocycles. The minimum Gasteiger partial charge on any atom is -0.255 e. The first-order chi connectivity index (χ1) is 5.24. The van der Waals surface area contributed by atoms with E-state index in [-0.39, 0.29) is 0 Å². The SMILES string of the molecule is C#Cc1ccc([S@@](C)=O)cc1. The molecule has 0 amide bonds. The van der Waals surface area contributed by atoms with E-state index in [4.69, 9.17) is 6.42 Å². The van der Waals surface area contributed by atoms with E-state index < -0.39 is 10.8 Å². The zero-order chi connectivity index (χ0) is 8.27. The van der Waals surface area contributed by atoms with Crippen molar-refractivity contribution >= 4 is 10.8 Å². The van der Waals surface area contributed by atoms with Crippen molar-refractivity contribution in [3.8, 4) is 12.3 Å².